The standard InChI is InChI=1S/C22H22F3N3O2/c1-29-20-7-5-16(6-8-20)21-26-18(15-30-21)14-27-9-11-28(12-10-27)19-4-2-3-17(13-19)22(23,24)25/h2-8,13,15H,9-12,14H2,1H3. The highest BCUT2D eigenvalue weighted by atomic mass is 19.4. The number of aromatic nitrogens is 1. The van der Waals surface area contributed by atoms with Crippen LogP contribution in [-0.4, -0.2) is 43.2 Å². The van der Waals surface area contributed by atoms with Crippen molar-refractivity contribution in [1.82, 2.24) is 9.88 Å². The van der Waals surface area contributed by atoms with Crippen molar-refractivity contribution in [3.8, 4) is 17.2 Å². The molecule has 2 heterocycles. The third-order valence-electron chi connectivity index (χ3n) is 5.19. The number of halogens is 3. The Kier molecular flexibility index (Phi) is 5.67. The van der Waals surface area contributed by atoms with Gasteiger partial charge in [0.05, 0.1) is 18.4 Å². The van der Waals surface area contributed by atoms with Crippen LogP contribution in [0.3, 0.4) is 0 Å². The first-order valence-corrected chi connectivity index (χ1v) is 9.66. The Bertz CT molecular complexity index is 978. The van der Waals surface area contributed by atoms with Crippen molar-refractivity contribution < 1.29 is 22.3 Å². The highest BCUT2D eigenvalue weighted by molar-refractivity contribution is 5.54. The van der Waals surface area contributed by atoms with E-state index in [0.717, 1.165) is 36.2 Å². The fourth-order valence-corrected chi connectivity index (χ4v) is 3.52. The molecule has 0 radical (unpaired) electrons. The minimum atomic E-state index is -4.33. The zero-order valence-corrected chi connectivity index (χ0v) is 16.5. The molecule has 0 atom stereocenters. The van der Waals surface area contributed by atoms with E-state index in [0.29, 0.717) is 31.2 Å². The van der Waals surface area contributed by atoms with Crippen LogP contribution < -0.4 is 9.64 Å². The zero-order chi connectivity index (χ0) is 21.1. The number of ether oxygens (including phenoxy) is 1. The fraction of sp³-hybridized carbons (Fsp3) is 0.318. The van der Waals surface area contributed by atoms with Crippen molar-refractivity contribution in [2.24, 2.45) is 0 Å². The SMILES string of the molecule is COc1ccc(-c2nc(CN3CCN(c4cccc(C(F)(F)F)c4)CC3)co2)cc1. The Balaban J connectivity index is 1.35. The van der Waals surface area contributed by atoms with E-state index in [1.807, 2.05) is 29.2 Å². The van der Waals surface area contributed by atoms with Crippen molar-refractivity contribution in [2.45, 2.75) is 12.7 Å². The smallest absolute Gasteiger partial charge is 0.416 e. The summed E-state index contributed by atoms with van der Waals surface area (Å²) in [4.78, 5) is 8.76. The lowest BCUT2D eigenvalue weighted by Crippen LogP contribution is -2.46. The molecular weight excluding hydrogens is 395 g/mol. The van der Waals surface area contributed by atoms with Gasteiger partial charge in [0.25, 0.3) is 0 Å². The van der Waals surface area contributed by atoms with Crippen molar-refractivity contribution in [3.63, 3.8) is 0 Å². The Labute approximate surface area is 172 Å². The summed E-state index contributed by atoms with van der Waals surface area (Å²) < 4.78 is 49.6. The van der Waals surface area contributed by atoms with Crippen LogP contribution in [0.5, 0.6) is 5.75 Å². The van der Waals surface area contributed by atoms with Crippen LogP contribution in [0.2, 0.25) is 0 Å². The van der Waals surface area contributed by atoms with E-state index in [2.05, 4.69) is 9.88 Å². The molecule has 0 saturated carbocycles. The predicted molar refractivity (Wildman–Crippen MR) is 107 cm³/mol. The first kappa shape index (κ1) is 20.3. The van der Waals surface area contributed by atoms with E-state index in [9.17, 15) is 13.2 Å². The molecule has 1 aromatic heterocycles. The topological polar surface area (TPSA) is 41.7 Å². The molecule has 0 N–H and O–H groups in total. The monoisotopic (exact) mass is 417 g/mol. The molecule has 4 rings (SSSR count). The summed E-state index contributed by atoms with van der Waals surface area (Å²) in [6.45, 7) is 3.42. The van der Waals surface area contributed by atoms with Gasteiger partial charge in [-0.3, -0.25) is 4.90 Å². The second-order valence-electron chi connectivity index (χ2n) is 7.18. The Morgan fingerprint density at radius 1 is 1.03 bits per heavy atom. The summed E-state index contributed by atoms with van der Waals surface area (Å²) in [5.74, 6) is 1.32. The summed E-state index contributed by atoms with van der Waals surface area (Å²) in [7, 11) is 1.62. The number of oxazole rings is 1. The average molecular weight is 417 g/mol. The lowest BCUT2D eigenvalue weighted by molar-refractivity contribution is -0.137. The second kappa shape index (κ2) is 8.39. The van der Waals surface area contributed by atoms with Crippen LogP contribution in [0.25, 0.3) is 11.5 Å². The number of nitrogens with zero attached hydrogens (tertiary/aromatic N) is 3. The first-order valence-electron chi connectivity index (χ1n) is 9.66. The van der Waals surface area contributed by atoms with Crippen LogP contribution in [0.4, 0.5) is 18.9 Å². The van der Waals surface area contributed by atoms with Gasteiger partial charge in [-0.05, 0) is 42.5 Å². The van der Waals surface area contributed by atoms with E-state index in [1.54, 1.807) is 19.4 Å². The van der Waals surface area contributed by atoms with Gasteiger partial charge in [0.1, 0.15) is 12.0 Å². The molecule has 158 valence electrons. The minimum absolute atomic E-state index is 0.551. The highest BCUT2D eigenvalue weighted by Gasteiger charge is 2.31. The van der Waals surface area contributed by atoms with E-state index in [1.165, 1.54) is 12.1 Å². The van der Waals surface area contributed by atoms with Gasteiger partial charge in [-0.25, -0.2) is 4.98 Å². The number of alkyl halides is 3. The molecule has 5 nitrogen and oxygen atoms in total. The number of hydrogen-bond acceptors (Lipinski definition) is 5. The van der Waals surface area contributed by atoms with Crippen LogP contribution >= 0.6 is 0 Å². The maximum Gasteiger partial charge on any atom is 0.416 e. The molecule has 0 amide bonds. The predicted octanol–water partition coefficient (Wildman–Crippen LogP) is 4.69. The van der Waals surface area contributed by atoms with Gasteiger partial charge in [0, 0.05) is 44.0 Å². The Morgan fingerprint density at radius 3 is 2.43 bits per heavy atom. The average Bonchev–Trinajstić information content (AvgIpc) is 3.22. The lowest BCUT2D eigenvalue weighted by Gasteiger charge is -2.36. The third kappa shape index (κ3) is 4.59. The van der Waals surface area contributed by atoms with Gasteiger partial charge in [-0.1, -0.05) is 6.07 Å². The summed E-state index contributed by atoms with van der Waals surface area (Å²) in [6, 6.07) is 13.0. The Morgan fingerprint density at radius 2 is 1.77 bits per heavy atom. The molecule has 0 bridgehead atoms. The molecule has 0 aliphatic carbocycles. The molecule has 1 saturated heterocycles. The van der Waals surface area contributed by atoms with E-state index in [-0.39, 0.29) is 0 Å². The molecule has 0 spiro atoms. The van der Waals surface area contributed by atoms with Crippen LogP contribution in [-0.2, 0) is 12.7 Å². The van der Waals surface area contributed by atoms with Gasteiger partial charge in [-0.15, -0.1) is 0 Å². The molecule has 0 unspecified atom stereocenters. The van der Waals surface area contributed by atoms with E-state index >= 15 is 0 Å². The Hall–Kier alpha value is -3.00. The summed E-state index contributed by atoms with van der Waals surface area (Å²) in [6.07, 6.45) is -2.68. The van der Waals surface area contributed by atoms with E-state index in [4.69, 9.17) is 9.15 Å². The van der Waals surface area contributed by atoms with Gasteiger partial charge in [0.15, 0.2) is 0 Å². The zero-order valence-electron chi connectivity index (χ0n) is 16.5. The van der Waals surface area contributed by atoms with Gasteiger partial charge < -0.3 is 14.1 Å². The molecule has 8 heteroatoms. The van der Waals surface area contributed by atoms with Crippen LogP contribution in [0, 0.1) is 0 Å². The quantitative estimate of drug-likeness (QED) is 0.603. The first-order chi connectivity index (χ1) is 14.4. The fourth-order valence-electron chi connectivity index (χ4n) is 3.52. The summed E-state index contributed by atoms with van der Waals surface area (Å²) in [5, 5.41) is 0. The minimum Gasteiger partial charge on any atom is -0.497 e. The summed E-state index contributed by atoms with van der Waals surface area (Å²) in [5.41, 5.74) is 1.69. The van der Waals surface area contributed by atoms with Crippen LogP contribution in [0.1, 0.15) is 11.3 Å². The van der Waals surface area contributed by atoms with Crippen LogP contribution in [0.15, 0.2) is 59.2 Å². The van der Waals surface area contributed by atoms with Crippen molar-refractivity contribution in [2.75, 3.05) is 38.2 Å². The number of anilines is 1. The van der Waals surface area contributed by atoms with E-state index < -0.39 is 11.7 Å². The normalized spacial score (nSPS) is 15.4. The van der Waals surface area contributed by atoms with Crippen molar-refractivity contribution in [1.29, 1.82) is 0 Å². The third-order valence-corrected chi connectivity index (χ3v) is 5.19. The number of hydrogen-bond donors (Lipinski definition) is 0. The highest BCUT2D eigenvalue weighted by Crippen LogP contribution is 2.32. The molecule has 30 heavy (non-hydrogen) atoms. The molecule has 2 aromatic carbocycles. The van der Waals surface area contributed by atoms with Gasteiger partial charge in [0.2, 0.25) is 5.89 Å². The molecule has 1 aliphatic rings. The second-order valence-corrected chi connectivity index (χ2v) is 7.18. The maximum absolute atomic E-state index is 13.0. The number of rotatable bonds is 5. The largest absolute Gasteiger partial charge is 0.497 e. The number of benzene rings is 2. The number of methoxy groups -OCH3 is 1. The van der Waals surface area contributed by atoms with Gasteiger partial charge >= 0.3 is 6.18 Å². The molecule has 1 aliphatic heterocycles. The maximum atomic E-state index is 13.0. The van der Waals surface area contributed by atoms with Crippen molar-refractivity contribution in [3.05, 3.63) is 66.1 Å². The summed E-state index contributed by atoms with van der Waals surface area (Å²) >= 11 is 0. The molecule has 3 aromatic rings. The molecule has 1 fully saturated rings. The molecular formula is C22H22F3N3O2. The van der Waals surface area contributed by atoms with Crippen molar-refractivity contribution >= 4 is 5.69 Å². The number of piperazine rings is 1. The van der Waals surface area contributed by atoms with Gasteiger partial charge in [-0.2, -0.15) is 13.2 Å². The lowest BCUT2D eigenvalue weighted by atomic mass is 10.1.